The smallest absolute Gasteiger partial charge is 0.264 e. The maximum absolute atomic E-state index is 13.3. The lowest BCUT2D eigenvalue weighted by Gasteiger charge is -2.24. The van der Waals surface area contributed by atoms with Gasteiger partial charge in [0.15, 0.2) is 0 Å². The molecule has 3 aromatic carbocycles. The highest BCUT2D eigenvalue weighted by Crippen LogP contribution is 2.25. The Hall–Kier alpha value is -2.64. The zero-order valence-electron chi connectivity index (χ0n) is 16.1. The first-order chi connectivity index (χ1) is 13.8. The van der Waals surface area contributed by atoms with Crippen LogP contribution in [0.15, 0.2) is 82.2 Å². The third-order valence-electron chi connectivity index (χ3n) is 4.29. The summed E-state index contributed by atoms with van der Waals surface area (Å²) in [4.78, 5) is 12.8. The highest BCUT2D eigenvalue weighted by molar-refractivity contribution is 9.10. The number of anilines is 2. The van der Waals surface area contributed by atoms with Gasteiger partial charge >= 0.3 is 0 Å². The van der Waals surface area contributed by atoms with Gasteiger partial charge in [0, 0.05) is 10.2 Å². The Bertz CT molecular complexity index is 1130. The molecule has 0 saturated heterocycles. The fraction of sp³-hybridized carbons (Fsp3) is 0.136. The van der Waals surface area contributed by atoms with Gasteiger partial charge in [0.05, 0.1) is 10.6 Å². The lowest BCUT2D eigenvalue weighted by Crippen LogP contribution is -2.38. The zero-order chi connectivity index (χ0) is 21.0. The van der Waals surface area contributed by atoms with Crippen molar-refractivity contribution in [1.29, 1.82) is 0 Å². The fourth-order valence-electron chi connectivity index (χ4n) is 2.83. The lowest BCUT2D eigenvalue weighted by molar-refractivity contribution is -0.114. The number of carbonyl (C=O) groups is 1. The predicted molar refractivity (Wildman–Crippen MR) is 120 cm³/mol. The normalized spacial score (nSPS) is 11.1. The maximum atomic E-state index is 13.3. The summed E-state index contributed by atoms with van der Waals surface area (Å²) in [5.74, 6) is -0.430. The van der Waals surface area contributed by atoms with Crippen LogP contribution in [-0.4, -0.2) is 20.9 Å². The molecule has 29 heavy (non-hydrogen) atoms. The van der Waals surface area contributed by atoms with Crippen LogP contribution in [0.25, 0.3) is 0 Å². The van der Waals surface area contributed by atoms with Gasteiger partial charge in [-0.05, 0) is 61.9 Å². The molecule has 150 valence electrons. The molecule has 0 saturated carbocycles. The van der Waals surface area contributed by atoms with Gasteiger partial charge in [-0.15, -0.1) is 0 Å². The summed E-state index contributed by atoms with van der Waals surface area (Å²) < 4.78 is 28.6. The molecule has 0 unspecified atom stereocenters. The van der Waals surface area contributed by atoms with Crippen molar-refractivity contribution in [2.24, 2.45) is 0 Å². The summed E-state index contributed by atoms with van der Waals surface area (Å²) in [5, 5.41) is 2.76. The molecule has 0 heterocycles. The van der Waals surface area contributed by atoms with Crippen molar-refractivity contribution in [3.05, 3.63) is 88.4 Å². The first-order valence-electron chi connectivity index (χ1n) is 8.97. The van der Waals surface area contributed by atoms with E-state index in [1.54, 1.807) is 60.7 Å². The molecule has 5 nitrogen and oxygen atoms in total. The van der Waals surface area contributed by atoms with Gasteiger partial charge in [0.2, 0.25) is 5.91 Å². The standard InChI is InChI=1S/C22H21BrN2O3S/c1-16-9-11-21(12-10-16)29(27,28)25(20-8-3-5-17(2)13-20)15-22(26)24-19-7-4-6-18(23)14-19/h3-14H,15H2,1-2H3,(H,24,26). The molecular weight excluding hydrogens is 452 g/mol. The van der Waals surface area contributed by atoms with E-state index in [1.807, 2.05) is 26.0 Å². The molecule has 0 aliphatic rings. The molecule has 0 radical (unpaired) electrons. The molecule has 0 aromatic heterocycles. The molecule has 3 rings (SSSR count). The van der Waals surface area contributed by atoms with Crippen LogP contribution in [0.3, 0.4) is 0 Å². The topological polar surface area (TPSA) is 66.5 Å². The number of hydrogen-bond acceptors (Lipinski definition) is 3. The molecule has 0 aliphatic heterocycles. The first-order valence-corrected chi connectivity index (χ1v) is 11.2. The van der Waals surface area contributed by atoms with Crippen molar-refractivity contribution in [2.75, 3.05) is 16.2 Å². The molecule has 7 heteroatoms. The predicted octanol–water partition coefficient (Wildman–Crippen LogP) is 4.90. The van der Waals surface area contributed by atoms with Crippen LogP contribution in [0.5, 0.6) is 0 Å². The minimum atomic E-state index is -3.92. The van der Waals surface area contributed by atoms with E-state index < -0.39 is 15.9 Å². The molecule has 0 fully saturated rings. The van der Waals surface area contributed by atoms with E-state index in [1.165, 1.54) is 0 Å². The van der Waals surface area contributed by atoms with Gasteiger partial charge in [-0.2, -0.15) is 0 Å². The van der Waals surface area contributed by atoms with Crippen LogP contribution in [-0.2, 0) is 14.8 Å². The van der Waals surface area contributed by atoms with E-state index in [-0.39, 0.29) is 11.4 Å². The Balaban J connectivity index is 1.95. The van der Waals surface area contributed by atoms with E-state index in [0.717, 1.165) is 19.9 Å². The van der Waals surface area contributed by atoms with Crippen molar-refractivity contribution in [1.82, 2.24) is 0 Å². The average Bonchev–Trinajstić information content (AvgIpc) is 2.66. The Morgan fingerprint density at radius 3 is 2.28 bits per heavy atom. The maximum Gasteiger partial charge on any atom is 0.264 e. The number of benzene rings is 3. The van der Waals surface area contributed by atoms with Gasteiger partial charge in [-0.25, -0.2) is 8.42 Å². The lowest BCUT2D eigenvalue weighted by atomic mass is 10.2. The van der Waals surface area contributed by atoms with E-state index in [2.05, 4.69) is 21.2 Å². The fourth-order valence-corrected chi connectivity index (χ4v) is 4.64. The van der Waals surface area contributed by atoms with Crippen molar-refractivity contribution >= 4 is 43.2 Å². The summed E-state index contributed by atoms with van der Waals surface area (Å²) in [6.07, 6.45) is 0. The number of halogens is 1. The number of nitrogens with zero attached hydrogens (tertiary/aromatic N) is 1. The summed E-state index contributed by atoms with van der Waals surface area (Å²) >= 11 is 3.36. The Morgan fingerprint density at radius 2 is 1.62 bits per heavy atom. The highest BCUT2D eigenvalue weighted by Gasteiger charge is 2.27. The van der Waals surface area contributed by atoms with Crippen LogP contribution >= 0.6 is 15.9 Å². The van der Waals surface area contributed by atoms with Gasteiger partial charge in [0.1, 0.15) is 6.54 Å². The Kier molecular flexibility index (Phi) is 6.39. The molecule has 0 bridgehead atoms. The number of hydrogen-bond donors (Lipinski definition) is 1. The molecule has 1 N–H and O–H groups in total. The minimum Gasteiger partial charge on any atom is -0.324 e. The number of amides is 1. The SMILES string of the molecule is Cc1ccc(S(=O)(=O)N(CC(=O)Nc2cccc(Br)c2)c2cccc(C)c2)cc1. The van der Waals surface area contributed by atoms with E-state index >= 15 is 0 Å². The largest absolute Gasteiger partial charge is 0.324 e. The number of carbonyl (C=O) groups excluding carboxylic acids is 1. The van der Waals surface area contributed by atoms with Crippen molar-refractivity contribution < 1.29 is 13.2 Å². The summed E-state index contributed by atoms with van der Waals surface area (Å²) in [6.45, 7) is 3.42. The second kappa shape index (κ2) is 8.80. The van der Waals surface area contributed by atoms with Gasteiger partial charge in [-0.1, -0.05) is 51.8 Å². The zero-order valence-corrected chi connectivity index (χ0v) is 18.5. The van der Waals surface area contributed by atoms with Crippen molar-refractivity contribution in [3.8, 4) is 0 Å². The summed E-state index contributed by atoms with van der Waals surface area (Å²) in [5.41, 5.74) is 2.88. The van der Waals surface area contributed by atoms with Crippen molar-refractivity contribution in [3.63, 3.8) is 0 Å². The third-order valence-corrected chi connectivity index (χ3v) is 6.58. The first kappa shape index (κ1) is 21.1. The van der Waals surface area contributed by atoms with Crippen LogP contribution < -0.4 is 9.62 Å². The molecular formula is C22H21BrN2O3S. The average molecular weight is 473 g/mol. The van der Waals surface area contributed by atoms with Gasteiger partial charge in [-0.3, -0.25) is 9.10 Å². The number of rotatable bonds is 6. The molecule has 0 aliphatic carbocycles. The molecule has 0 atom stereocenters. The second-order valence-electron chi connectivity index (χ2n) is 6.72. The van der Waals surface area contributed by atoms with Crippen LogP contribution in [0.4, 0.5) is 11.4 Å². The minimum absolute atomic E-state index is 0.139. The number of sulfonamides is 1. The number of nitrogens with one attached hydrogen (secondary N) is 1. The van der Waals surface area contributed by atoms with E-state index in [9.17, 15) is 13.2 Å². The van der Waals surface area contributed by atoms with E-state index in [4.69, 9.17) is 0 Å². The van der Waals surface area contributed by atoms with Crippen LogP contribution in [0.2, 0.25) is 0 Å². The Labute approximate surface area is 179 Å². The second-order valence-corrected chi connectivity index (χ2v) is 9.50. The van der Waals surface area contributed by atoms with E-state index in [0.29, 0.717) is 11.4 Å². The molecule has 0 spiro atoms. The van der Waals surface area contributed by atoms with Crippen molar-refractivity contribution in [2.45, 2.75) is 18.7 Å². The molecule has 3 aromatic rings. The third kappa shape index (κ3) is 5.25. The quantitative estimate of drug-likeness (QED) is 0.554. The highest BCUT2D eigenvalue weighted by atomic mass is 79.9. The van der Waals surface area contributed by atoms with Gasteiger partial charge < -0.3 is 5.32 Å². The van der Waals surface area contributed by atoms with Crippen LogP contribution in [0.1, 0.15) is 11.1 Å². The summed E-state index contributed by atoms with van der Waals surface area (Å²) in [7, 11) is -3.92. The monoisotopic (exact) mass is 472 g/mol. The number of aryl methyl sites for hydroxylation is 2. The molecule has 1 amide bonds. The van der Waals surface area contributed by atoms with Crippen LogP contribution in [0, 0.1) is 13.8 Å². The Morgan fingerprint density at radius 1 is 0.931 bits per heavy atom. The summed E-state index contributed by atoms with van der Waals surface area (Å²) in [6, 6.07) is 20.8. The van der Waals surface area contributed by atoms with Gasteiger partial charge in [0.25, 0.3) is 10.0 Å².